The zero-order chi connectivity index (χ0) is 20.7. The van der Waals surface area contributed by atoms with Gasteiger partial charge in [-0.3, -0.25) is 23.3 Å². The van der Waals surface area contributed by atoms with Gasteiger partial charge in [0.1, 0.15) is 0 Å². The van der Waals surface area contributed by atoms with Crippen LogP contribution < -0.4 is 5.32 Å². The van der Waals surface area contributed by atoms with Crippen molar-refractivity contribution in [3.8, 4) is 12.4 Å². The van der Waals surface area contributed by atoms with Crippen molar-refractivity contribution in [1.29, 1.82) is 10.5 Å². The number of likely N-dealkylation sites (tertiary alicyclic amines) is 1. The van der Waals surface area contributed by atoms with E-state index in [9.17, 15) is 18.0 Å². The summed E-state index contributed by atoms with van der Waals surface area (Å²) in [5.74, 6) is 0.808. The molecule has 0 aromatic heterocycles. The third-order valence-corrected chi connectivity index (χ3v) is 7.57. The fourth-order valence-electron chi connectivity index (χ4n) is 2.81. The standard InChI is InChI=1S/C17H26N4O4S2/c1-16(2,10-14(22)20-12-18)4-6-26(24)8-9-27(25)7-5-17(3)11-15(23)21(17)13-19/h4-11H2,1-3H3,(H,20,22). The molecule has 0 aromatic carbocycles. The molecule has 0 radical (unpaired) electrons. The van der Waals surface area contributed by atoms with Gasteiger partial charge in [-0.15, -0.1) is 0 Å². The summed E-state index contributed by atoms with van der Waals surface area (Å²) in [7, 11) is -2.30. The van der Waals surface area contributed by atoms with Gasteiger partial charge in [-0.1, -0.05) is 13.8 Å². The molecule has 0 aliphatic carbocycles. The van der Waals surface area contributed by atoms with Crippen molar-refractivity contribution in [1.82, 2.24) is 10.2 Å². The minimum Gasteiger partial charge on any atom is -0.274 e. The Kier molecular flexibility index (Phi) is 8.58. The van der Waals surface area contributed by atoms with E-state index in [0.29, 0.717) is 35.9 Å². The Morgan fingerprint density at radius 1 is 1.22 bits per heavy atom. The van der Waals surface area contributed by atoms with Crippen molar-refractivity contribution >= 4 is 33.4 Å². The van der Waals surface area contributed by atoms with Crippen LogP contribution in [0.5, 0.6) is 0 Å². The molecule has 2 amide bonds. The topological polar surface area (TPSA) is 131 Å². The maximum Gasteiger partial charge on any atom is 0.238 e. The molecule has 1 aliphatic heterocycles. The number of nitrogens with one attached hydrogen (secondary N) is 1. The third-order valence-electron chi connectivity index (χ3n) is 4.67. The number of hydrogen-bond acceptors (Lipinski definition) is 6. The van der Waals surface area contributed by atoms with Gasteiger partial charge in [-0.05, 0) is 25.2 Å². The summed E-state index contributed by atoms with van der Waals surface area (Å²) in [5, 5.41) is 19.5. The molecule has 3 atom stereocenters. The van der Waals surface area contributed by atoms with Crippen molar-refractivity contribution in [2.45, 2.75) is 52.0 Å². The summed E-state index contributed by atoms with van der Waals surface area (Å²) in [6.45, 7) is 5.55. The molecule has 3 unspecified atom stereocenters. The third kappa shape index (κ3) is 7.39. The number of hydrogen-bond donors (Lipinski definition) is 1. The Labute approximate surface area is 165 Å². The molecule has 8 nitrogen and oxygen atoms in total. The van der Waals surface area contributed by atoms with Crippen LogP contribution in [-0.4, -0.2) is 53.7 Å². The van der Waals surface area contributed by atoms with Gasteiger partial charge in [0.2, 0.25) is 11.8 Å². The van der Waals surface area contributed by atoms with E-state index in [-0.39, 0.29) is 30.1 Å². The molecule has 1 fully saturated rings. The molecule has 1 heterocycles. The van der Waals surface area contributed by atoms with E-state index < -0.39 is 27.1 Å². The second-order valence-electron chi connectivity index (χ2n) is 7.70. The molecule has 27 heavy (non-hydrogen) atoms. The molecule has 150 valence electrons. The van der Waals surface area contributed by atoms with E-state index in [1.165, 1.54) is 0 Å². The highest BCUT2D eigenvalue weighted by atomic mass is 32.2. The molecule has 1 N–H and O–H groups in total. The highest BCUT2D eigenvalue weighted by molar-refractivity contribution is 7.88. The molecule has 0 aromatic rings. The minimum absolute atomic E-state index is 0.177. The first-order chi connectivity index (χ1) is 12.5. The number of β-lactam (4-membered cyclic amide) rings is 1. The molecule has 0 spiro atoms. The van der Waals surface area contributed by atoms with Crippen LogP contribution in [0.3, 0.4) is 0 Å². The maximum atomic E-state index is 12.1. The Hall–Kier alpha value is -1.78. The van der Waals surface area contributed by atoms with Gasteiger partial charge in [0, 0.05) is 51.0 Å². The lowest BCUT2D eigenvalue weighted by Crippen LogP contribution is -2.59. The second-order valence-corrected chi connectivity index (χ2v) is 11.1. The average Bonchev–Trinajstić information content (AvgIpc) is 2.56. The fraction of sp³-hybridized carbons (Fsp3) is 0.765. The molecule has 1 rings (SSSR count). The largest absolute Gasteiger partial charge is 0.274 e. The molecule has 1 aliphatic rings. The summed E-state index contributed by atoms with van der Waals surface area (Å²) >= 11 is 0. The van der Waals surface area contributed by atoms with E-state index in [0.717, 1.165) is 4.90 Å². The van der Waals surface area contributed by atoms with Crippen molar-refractivity contribution in [2.75, 3.05) is 23.0 Å². The van der Waals surface area contributed by atoms with Crippen LogP contribution in [0.1, 0.15) is 46.5 Å². The van der Waals surface area contributed by atoms with Crippen molar-refractivity contribution in [3.05, 3.63) is 0 Å². The maximum absolute atomic E-state index is 12.1. The summed E-state index contributed by atoms with van der Waals surface area (Å²) in [5.41, 5.74) is -0.920. The number of rotatable bonds is 11. The monoisotopic (exact) mass is 414 g/mol. The van der Waals surface area contributed by atoms with Gasteiger partial charge in [-0.25, -0.2) is 4.90 Å². The van der Waals surface area contributed by atoms with Crippen molar-refractivity contribution in [2.24, 2.45) is 5.41 Å². The lowest BCUT2D eigenvalue weighted by atomic mass is 9.84. The smallest absolute Gasteiger partial charge is 0.238 e. The number of amides is 2. The van der Waals surface area contributed by atoms with E-state index in [1.807, 2.05) is 20.0 Å². The predicted molar refractivity (Wildman–Crippen MR) is 103 cm³/mol. The number of carbonyl (C=O) groups is 2. The molecular formula is C17H26N4O4S2. The molecule has 0 saturated carbocycles. The summed E-state index contributed by atoms with van der Waals surface area (Å²) < 4.78 is 24.3. The molecule has 0 bridgehead atoms. The Bertz CT molecular complexity index is 711. The lowest BCUT2D eigenvalue weighted by Gasteiger charge is -2.44. The van der Waals surface area contributed by atoms with Crippen LogP contribution in [0, 0.1) is 28.3 Å². The lowest BCUT2D eigenvalue weighted by molar-refractivity contribution is -0.148. The minimum atomic E-state index is -1.16. The number of nitriles is 2. The Morgan fingerprint density at radius 2 is 1.81 bits per heavy atom. The first-order valence-electron chi connectivity index (χ1n) is 8.64. The van der Waals surface area contributed by atoms with Gasteiger partial charge in [0.15, 0.2) is 12.4 Å². The van der Waals surface area contributed by atoms with Gasteiger partial charge in [0.25, 0.3) is 0 Å². The average molecular weight is 415 g/mol. The van der Waals surface area contributed by atoms with E-state index >= 15 is 0 Å². The summed E-state index contributed by atoms with van der Waals surface area (Å²) in [6, 6.07) is 0. The fourth-order valence-corrected chi connectivity index (χ4v) is 6.16. The first kappa shape index (κ1) is 23.3. The van der Waals surface area contributed by atoms with Crippen LogP contribution in [0.4, 0.5) is 0 Å². The summed E-state index contributed by atoms with van der Waals surface area (Å²) in [4.78, 5) is 23.9. The first-order valence-corrected chi connectivity index (χ1v) is 11.6. The van der Waals surface area contributed by atoms with E-state index in [4.69, 9.17) is 10.5 Å². The SMILES string of the molecule is CC(C)(CCS(=O)CCS(=O)CCC1(C)CC(=O)N1C#N)CC(=O)NC#N. The Balaban J connectivity index is 2.29. The molecule has 1 saturated heterocycles. The van der Waals surface area contributed by atoms with Gasteiger partial charge >= 0.3 is 0 Å². The van der Waals surface area contributed by atoms with E-state index in [2.05, 4.69) is 5.32 Å². The highest BCUT2D eigenvalue weighted by Crippen LogP contribution is 2.34. The summed E-state index contributed by atoms with van der Waals surface area (Å²) in [6.07, 6.45) is 4.96. The highest BCUT2D eigenvalue weighted by Gasteiger charge is 2.47. The number of nitrogens with zero attached hydrogens (tertiary/aromatic N) is 3. The van der Waals surface area contributed by atoms with Crippen molar-refractivity contribution < 1.29 is 18.0 Å². The van der Waals surface area contributed by atoms with Gasteiger partial charge < -0.3 is 0 Å². The zero-order valence-corrected chi connectivity index (χ0v) is 17.6. The normalized spacial score (nSPS) is 21.5. The molecule has 10 heteroatoms. The van der Waals surface area contributed by atoms with Crippen LogP contribution in [0.15, 0.2) is 0 Å². The van der Waals surface area contributed by atoms with Crippen LogP contribution in [0.25, 0.3) is 0 Å². The van der Waals surface area contributed by atoms with Crippen LogP contribution in [-0.2, 0) is 31.2 Å². The quantitative estimate of drug-likeness (QED) is 0.301. The van der Waals surface area contributed by atoms with Gasteiger partial charge in [-0.2, -0.15) is 10.5 Å². The second kappa shape index (κ2) is 9.95. The van der Waals surface area contributed by atoms with Gasteiger partial charge in [0.05, 0.1) is 12.0 Å². The van der Waals surface area contributed by atoms with E-state index in [1.54, 1.807) is 13.1 Å². The molecular weight excluding hydrogens is 388 g/mol. The predicted octanol–water partition coefficient (Wildman–Crippen LogP) is 0.750. The van der Waals surface area contributed by atoms with Crippen molar-refractivity contribution in [3.63, 3.8) is 0 Å². The zero-order valence-electron chi connectivity index (χ0n) is 15.9. The van der Waals surface area contributed by atoms with Crippen LogP contribution in [0.2, 0.25) is 0 Å². The number of carbonyl (C=O) groups excluding carboxylic acids is 2. The Morgan fingerprint density at radius 3 is 2.33 bits per heavy atom. The van der Waals surface area contributed by atoms with Crippen LogP contribution >= 0.6 is 0 Å².